The van der Waals surface area contributed by atoms with Crippen LogP contribution in [0.15, 0.2) is 71.9 Å². The lowest BCUT2D eigenvalue weighted by atomic mass is 10.3. The molecule has 0 atom stereocenters. The third-order valence-corrected chi connectivity index (χ3v) is 6.46. The Morgan fingerprint density at radius 2 is 1.67 bits per heavy atom. The first-order valence-electron chi connectivity index (χ1n) is 10.7. The van der Waals surface area contributed by atoms with Gasteiger partial charge in [-0.1, -0.05) is 35.0 Å². The van der Waals surface area contributed by atoms with Gasteiger partial charge in [-0.2, -0.15) is 0 Å². The number of methoxy groups -OCH3 is 2. The Morgan fingerprint density at radius 1 is 0.944 bits per heavy atom. The quantitative estimate of drug-likeness (QED) is 0.248. The number of rotatable bonds is 10. The SMILES string of the molecule is COc1ccc(-n2c(COc3ccc(Cl)cc3)nnc2SCC(=O)Nc2ccc(OC)c(Cl)c2)cc1. The average molecular weight is 545 g/mol. The summed E-state index contributed by atoms with van der Waals surface area (Å²) in [7, 11) is 3.14. The van der Waals surface area contributed by atoms with Gasteiger partial charge in [-0.05, 0) is 66.7 Å². The fourth-order valence-corrected chi connectivity index (χ4v) is 4.38. The van der Waals surface area contributed by atoms with E-state index in [1.807, 2.05) is 28.8 Å². The maximum absolute atomic E-state index is 12.6. The van der Waals surface area contributed by atoms with E-state index in [1.165, 1.54) is 18.9 Å². The number of carbonyl (C=O) groups is 1. The van der Waals surface area contributed by atoms with E-state index in [0.29, 0.717) is 38.2 Å². The van der Waals surface area contributed by atoms with Crippen LogP contribution in [-0.2, 0) is 11.4 Å². The van der Waals surface area contributed by atoms with Gasteiger partial charge in [-0.3, -0.25) is 9.36 Å². The minimum atomic E-state index is -0.218. The molecule has 0 radical (unpaired) electrons. The van der Waals surface area contributed by atoms with E-state index in [4.69, 9.17) is 37.4 Å². The van der Waals surface area contributed by atoms with Crippen molar-refractivity contribution < 1.29 is 19.0 Å². The highest BCUT2D eigenvalue weighted by molar-refractivity contribution is 7.99. The highest BCUT2D eigenvalue weighted by atomic mass is 35.5. The number of carbonyl (C=O) groups excluding carboxylic acids is 1. The predicted octanol–water partition coefficient (Wildman–Crippen LogP) is 5.90. The predicted molar refractivity (Wildman–Crippen MR) is 141 cm³/mol. The maximum Gasteiger partial charge on any atom is 0.234 e. The van der Waals surface area contributed by atoms with Crippen molar-refractivity contribution in [2.24, 2.45) is 0 Å². The molecule has 0 unspecified atom stereocenters. The van der Waals surface area contributed by atoms with E-state index < -0.39 is 0 Å². The molecule has 1 N–H and O–H groups in total. The normalized spacial score (nSPS) is 10.7. The van der Waals surface area contributed by atoms with Gasteiger partial charge in [0.15, 0.2) is 11.0 Å². The molecule has 0 aliphatic carbocycles. The van der Waals surface area contributed by atoms with Crippen LogP contribution in [0.5, 0.6) is 17.2 Å². The zero-order valence-electron chi connectivity index (χ0n) is 19.4. The van der Waals surface area contributed by atoms with Crippen LogP contribution in [0.25, 0.3) is 5.69 Å². The number of nitrogens with zero attached hydrogens (tertiary/aromatic N) is 3. The molecule has 8 nitrogen and oxygen atoms in total. The van der Waals surface area contributed by atoms with Crippen molar-refractivity contribution in [2.45, 2.75) is 11.8 Å². The molecule has 186 valence electrons. The number of hydrogen-bond donors (Lipinski definition) is 1. The van der Waals surface area contributed by atoms with Gasteiger partial charge in [-0.15, -0.1) is 10.2 Å². The molecule has 0 fully saturated rings. The van der Waals surface area contributed by atoms with Crippen molar-refractivity contribution in [1.29, 1.82) is 0 Å². The van der Waals surface area contributed by atoms with Crippen LogP contribution in [0.3, 0.4) is 0 Å². The smallest absolute Gasteiger partial charge is 0.234 e. The summed E-state index contributed by atoms with van der Waals surface area (Å²) in [6.45, 7) is 0.164. The lowest BCUT2D eigenvalue weighted by Gasteiger charge is -2.12. The summed E-state index contributed by atoms with van der Waals surface area (Å²) in [6, 6.07) is 19.6. The van der Waals surface area contributed by atoms with Gasteiger partial charge in [0.2, 0.25) is 5.91 Å². The van der Waals surface area contributed by atoms with Crippen molar-refractivity contribution in [2.75, 3.05) is 25.3 Å². The molecule has 11 heteroatoms. The molecule has 1 amide bonds. The van der Waals surface area contributed by atoms with E-state index in [0.717, 1.165) is 11.4 Å². The Hall–Kier alpha value is -3.40. The van der Waals surface area contributed by atoms with Crippen LogP contribution in [0.4, 0.5) is 5.69 Å². The van der Waals surface area contributed by atoms with E-state index in [2.05, 4.69) is 15.5 Å². The zero-order valence-corrected chi connectivity index (χ0v) is 21.7. The fourth-order valence-electron chi connectivity index (χ4n) is 3.23. The Balaban J connectivity index is 1.50. The Labute approximate surface area is 222 Å². The molecule has 36 heavy (non-hydrogen) atoms. The van der Waals surface area contributed by atoms with Crippen molar-refractivity contribution in [3.63, 3.8) is 0 Å². The molecule has 4 rings (SSSR count). The molecular weight excluding hydrogens is 523 g/mol. The van der Waals surface area contributed by atoms with Crippen LogP contribution in [0.1, 0.15) is 5.82 Å². The number of hydrogen-bond acceptors (Lipinski definition) is 7. The number of nitrogens with one attached hydrogen (secondary N) is 1. The lowest BCUT2D eigenvalue weighted by Crippen LogP contribution is -2.15. The van der Waals surface area contributed by atoms with E-state index >= 15 is 0 Å². The maximum atomic E-state index is 12.6. The van der Waals surface area contributed by atoms with Crippen LogP contribution < -0.4 is 19.5 Å². The van der Waals surface area contributed by atoms with Gasteiger partial charge in [0.1, 0.15) is 23.9 Å². The molecule has 3 aromatic carbocycles. The summed E-state index contributed by atoms with van der Waals surface area (Å²) in [5.74, 6) is 2.36. The van der Waals surface area contributed by atoms with Gasteiger partial charge in [-0.25, -0.2) is 0 Å². The number of amides is 1. The Morgan fingerprint density at radius 3 is 2.33 bits per heavy atom. The molecular formula is C25H22Cl2N4O4S. The van der Waals surface area contributed by atoms with Crippen LogP contribution in [-0.4, -0.2) is 40.6 Å². The molecule has 0 saturated carbocycles. The fraction of sp³-hybridized carbons (Fsp3) is 0.160. The van der Waals surface area contributed by atoms with Crippen molar-refractivity contribution in [3.8, 4) is 22.9 Å². The first kappa shape index (κ1) is 25.7. The summed E-state index contributed by atoms with van der Waals surface area (Å²) < 4.78 is 18.1. The monoisotopic (exact) mass is 544 g/mol. The van der Waals surface area contributed by atoms with E-state index in [9.17, 15) is 4.79 Å². The minimum Gasteiger partial charge on any atom is -0.497 e. The van der Waals surface area contributed by atoms with Gasteiger partial charge in [0.25, 0.3) is 0 Å². The molecule has 1 heterocycles. The van der Waals surface area contributed by atoms with Gasteiger partial charge >= 0.3 is 0 Å². The molecule has 4 aromatic rings. The van der Waals surface area contributed by atoms with Gasteiger partial charge in [0, 0.05) is 16.4 Å². The second-order valence-electron chi connectivity index (χ2n) is 7.36. The molecule has 1 aromatic heterocycles. The number of ether oxygens (including phenoxy) is 3. The Kier molecular flexibility index (Phi) is 8.58. The molecule has 0 spiro atoms. The zero-order chi connectivity index (χ0) is 25.5. The summed E-state index contributed by atoms with van der Waals surface area (Å²) in [5.41, 5.74) is 1.38. The molecule has 0 bridgehead atoms. The van der Waals surface area contributed by atoms with Crippen LogP contribution in [0.2, 0.25) is 10.0 Å². The number of anilines is 1. The largest absolute Gasteiger partial charge is 0.497 e. The molecule has 0 aliphatic heterocycles. The highest BCUT2D eigenvalue weighted by Crippen LogP contribution is 2.28. The second-order valence-corrected chi connectivity index (χ2v) is 9.15. The molecule has 0 saturated heterocycles. The van der Waals surface area contributed by atoms with E-state index in [-0.39, 0.29) is 18.3 Å². The number of benzene rings is 3. The number of halogens is 2. The summed E-state index contributed by atoms with van der Waals surface area (Å²) in [4.78, 5) is 12.6. The van der Waals surface area contributed by atoms with Crippen LogP contribution >= 0.6 is 35.0 Å². The minimum absolute atomic E-state index is 0.107. The summed E-state index contributed by atoms with van der Waals surface area (Å²) >= 11 is 13.4. The van der Waals surface area contributed by atoms with Crippen molar-refractivity contribution in [3.05, 3.63) is 82.6 Å². The van der Waals surface area contributed by atoms with Gasteiger partial charge in [0.05, 0.1) is 25.0 Å². The third-order valence-electron chi connectivity index (χ3n) is 4.98. The average Bonchev–Trinajstić information content (AvgIpc) is 3.30. The lowest BCUT2D eigenvalue weighted by molar-refractivity contribution is -0.113. The third kappa shape index (κ3) is 6.42. The van der Waals surface area contributed by atoms with E-state index in [1.54, 1.807) is 49.6 Å². The first-order valence-corrected chi connectivity index (χ1v) is 12.4. The number of aromatic nitrogens is 3. The summed E-state index contributed by atoms with van der Waals surface area (Å²) in [6.07, 6.45) is 0. The van der Waals surface area contributed by atoms with Crippen molar-refractivity contribution in [1.82, 2.24) is 14.8 Å². The number of thioether (sulfide) groups is 1. The van der Waals surface area contributed by atoms with Crippen molar-refractivity contribution >= 4 is 46.6 Å². The molecule has 0 aliphatic rings. The van der Waals surface area contributed by atoms with Crippen LogP contribution in [0, 0.1) is 0 Å². The highest BCUT2D eigenvalue weighted by Gasteiger charge is 2.17. The topological polar surface area (TPSA) is 87.5 Å². The summed E-state index contributed by atoms with van der Waals surface area (Å²) in [5, 5.41) is 13.0. The second kappa shape index (κ2) is 12.0. The Bertz CT molecular complexity index is 1330. The van der Waals surface area contributed by atoms with Gasteiger partial charge < -0.3 is 19.5 Å². The first-order chi connectivity index (χ1) is 17.5. The standard InChI is InChI=1S/C25H22Cl2N4O4S/c1-33-19-10-6-18(7-11-19)31-23(14-35-20-8-3-16(26)4-9-20)29-30-25(31)36-15-24(32)28-17-5-12-22(34-2)21(27)13-17/h3-13H,14-15H2,1-2H3,(H,28,32).